The molecule has 0 spiro atoms. The number of aromatic amines is 1. The maximum Gasteiger partial charge on any atom is 0.296 e. The summed E-state index contributed by atoms with van der Waals surface area (Å²) in [5, 5.41) is 5.95. The average Bonchev–Trinajstić information content (AvgIpc) is 3.02. The molecule has 0 atom stereocenters. The number of ether oxygens (including phenoxy) is 1. The highest BCUT2D eigenvalue weighted by Crippen LogP contribution is 2.23. The number of aryl methyl sites for hydroxylation is 1. The molecule has 28 heavy (non-hydrogen) atoms. The van der Waals surface area contributed by atoms with Gasteiger partial charge in [-0.05, 0) is 44.2 Å². The number of benzene rings is 2. The van der Waals surface area contributed by atoms with Crippen molar-refractivity contribution in [3.63, 3.8) is 0 Å². The molecule has 2 aromatic carbocycles. The van der Waals surface area contributed by atoms with Gasteiger partial charge >= 0.3 is 0 Å². The van der Waals surface area contributed by atoms with E-state index < -0.39 is 11.7 Å². The van der Waals surface area contributed by atoms with Crippen molar-refractivity contribution < 1.29 is 19.1 Å². The third-order valence-electron chi connectivity index (χ3n) is 4.18. The molecule has 7 nitrogen and oxygen atoms in total. The maximum absolute atomic E-state index is 12.6. The molecule has 1 heterocycles. The summed E-state index contributed by atoms with van der Waals surface area (Å²) >= 11 is 0. The quantitative estimate of drug-likeness (QED) is 0.434. The Balaban J connectivity index is 1.66. The minimum absolute atomic E-state index is 0.0854. The van der Waals surface area contributed by atoms with Gasteiger partial charge in [0.2, 0.25) is 0 Å². The summed E-state index contributed by atoms with van der Waals surface area (Å²) in [4.78, 5) is 39.6. The zero-order chi connectivity index (χ0) is 20.1. The van der Waals surface area contributed by atoms with Crippen molar-refractivity contribution in [3.05, 3.63) is 59.8 Å². The van der Waals surface area contributed by atoms with E-state index in [1.54, 1.807) is 37.3 Å². The van der Waals surface area contributed by atoms with Crippen LogP contribution in [0.1, 0.15) is 23.0 Å². The number of anilines is 1. The van der Waals surface area contributed by atoms with Crippen molar-refractivity contribution in [1.29, 1.82) is 0 Å². The minimum Gasteiger partial charge on any atom is -0.484 e. The van der Waals surface area contributed by atoms with E-state index in [0.717, 1.165) is 5.52 Å². The highest BCUT2D eigenvalue weighted by molar-refractivity contribution is 6.48. The predicted molar refractivity (Wildman–Crippen MR) is 107 cm³/mol. The Labute approximate surface area is 162 Å². The van der Waals surface area contributed by atoms with Crippen molar-refractivity contribution in [3.8, 4) is 5.75 Å². The zero-order valence-corrected chi connectivity index (χ0v) is 15.7. The number of aromatic nitrogens is 1. The Morgan fingerprint density at radius 3 is 2.46 bits per heavy atom. The summed E-state index contributed by atoms with van der Waals surface area (Å²) in [5.74, 6) is -1.04. The van der Waals surface area contributed by atoms with Crippen LogP contribution in [-0.4, -0.2) is 35.7 Å². The van der Waals surface area contributed by atoms with Crippen LogP contribution >= 0.6 is 0 Å². The van der Waals surface area contributed by atoms with Crippen molar-refractivity contribution in [2.24, 2.45) is 0 Å². The average molecular weight is 379 g/mol. The molecule has 3 aromatic rings. The van der Waals surface area contributed by atoms with Gasteiger partial charge in [-0.15, -0.1) is 0 Å². The van der Waals surface area contributed by atoms with Crippen LogP contribution in [0.25, 0.3) is 10.9 Å². The zero-order valence-electron chi connectivity index (χ0n) is 15.7. The number of likely N-dealkylation sites (N-methyl/N-ethyl adjacent to an activating group) is 1. The van der Waals surface area contributed by atoms with E-state index in [0.29, 0.717) is 34.6 Å². The fraction of sp³-hybridized carbons (Fsp3) is 0.190. The van der Waals surface area contributed by atoms with E-state index >= 15 is 0 Å². The number of carbonyl (C=O) groups is 3. The minimum atomic E-state index is -0.719. The van der Waals surface area contributed by atoms with Crippen molar-refractivity contribution in [1.82, 2.24) is 10.3 Å². The monoisotopic (exact) mass is 379 g/mol. The number of hydrogen-bond acceptors (Lipinski definition) is 4. The van der Waals surface area contributed by atoms with Gasteiger partial charge in [0, 0.05) is 28.8 Å². The van der Waals surface area contributed by atoms with Gasteiger partial charge in [-0.3, -0.25) is 14.4 Å². The SMILES string of the molecule is CCNC(=O)COc1ccc(NC(=O)C(=O)c2c(C)[nH]c3ccccc23)cc1. The number of fused-ring (bicyclic) bond motifs is 1. The highest BCUT2D eigenvalue weighted by atomic mass is 16.5. The van der Waals surface area contributed by atoms with Gasteiger partial charge in [0.05, 0.1) is 5.56 Å². The first kappa shape index (κ1) is 19.2. The fourth-order valence-corrected chi connectivity index (χ4v) is 2.90. The molecular formula is C21H21N3O4. The summed E-state index contributed by atoms with van der Waals surface area (Å²) in [6.45, 7) is 4.05. The second kappa shape index (κ2) is 8.39. The Hall–Kier alpha value is -3.61. The third-order valence-corrected chi connectivity index (χ3v) is 4.18. The van der Waals surface area contributed by atoms with Crippen LogP contribution in [0.4, 0.5) is 5.69 Å². The van der Waals surface area contributed by atoms with Gasteiger partial charge in [0.1, 0.15) is 5.75 Å². The Morgan fingerprint density at radius 1 is 1.04 bits per heavy atom. The smallest absolute Gasteiger partial charge is 0.296 e. The lowest BCUT2D eigenvalue weighted by Gasteiger charge is -2.08. The summed E-state index contributed by atoms with van der Waals surface area (Å²) in [5.41, 5.74) is 2.29. The molecule has 1 aromatic heterocycles. The Kier molecular flexibility index (Phi) is 5.74. The largest absolute Gasteiger partial charge is 0.484 e. The highest BCUT2D eigenvalue weighted by Gasteiger charge is 2.22. The summed E-state index contributed by atoms with van der Waals surface area (Å²) in [7, 11) is 0. The van der Waals surface area contributed by atoms with E-state index in [-0.39, 0.29) is 12.5 Å². The Morgan fingerprint density at radius 2 is 1.75 bits per heavy atom. The molecule has 0 aliphatic rings. The molecule has 0 radical (unpaired) electrons. The van der Waals surface area contributed by atoms with Crippen LogP contribution in [0.5, 0.6) is 5.75 Å². The second-order valence-electron chi connectivity index (χ2n) is 6.22. The first-order chi connectivity index (χ1) is 13.5. The normalized spacial score (nSPS) is 10.5. The lowest BCUT2D eigenvalue weighted by molar-refractivity contribution is -0.123. The molecule has 0 aliphatic heterocycles. The number of ketones is 1. The second-order valence-corrected chi connectivity index (χ2v) is 6.22. The molecule has 0 saturated heterocycles. The number of carbonyl (C=O) groups excluding carboxylic acids is 3. The van der Waals surface area contributed by atoms with Gasteiger partial charge in [0.25, 0.3) is 17.6 Å². The van der Waals surface area contributed by atoms with Crippen molar-refractivity contribution >= 4 is 34.2 Å². The molecule has 2 amide bonds. The van der Waals surface area contributed by atoms with E-state index in [9.17, 15) is 14.4 Å². The van der Waals surface area contributed by atoms with E-state index in [1.807, 2.05) is 25.1 Å². The van der Waals surface area contributed by atoms with Gasteiger partial charge in [0.15, 0.2) is 6.61 Å². The molecule has 3 N–H and O–H groups in total. The molecule has 3 rings (SSSR count). The van der Waals surface area contributed by atoms with E-state index in [1.165, 1.54) is 0 Å². The van der Waals surface area contributed by atoms with Gasteiger partial charge < -0.3 is 20.4 Å². The third kappa shape index (κ3) is 4.20. The number of H-pyrrole nitrogens is 1. The summed E-state index contributed by atoms with van der Waals surface area (Å²) in [6.07, 6.45) is 0. The molecule has 7 heteroatoms. The Bertz CT molecular complexity index is 1020. The van der Waals surface area contributed by atoms with E-state index in [4.69, 9.17) is 4.74 Å². The number of rotatable bonds is 7. The molecule has 0 aliphatic carbocycles. The lowest BCUT2D eigenvalue weighted by Crippen LogP contribution is -2.28. The number of para-hydroxylation sites is 1. The maximum atomic E-state index is 12.6. The molecule has 0 bridgehead atoms. The van der Waals surface area contributed by atoms with Crippen molar-refractivity contribution in [2.45, 2.75) is 13.8 Å². The van der Waals surface area contributed by atoms with Crippen LogP contribution in [0.3, 0.4) is 0 Å². The standard InChI is InChI=1S/C21H21N3O4/c1-3-22-18(25)12-28-15-10-8-14(9-11-15)24-21(27)20(26)19-13(2)23-17-7-5-4-6-16(17)19/h4-11,23H,3,12H2,1-2H3,(H,22,25)(H,24,27). The van der Waals surface area contributed by atoms with E-state index in [2.05, 4.69) is 15.6 Å². The van der Waals surface area contributed by atoms with Crippen LogP contribution in [-0.2, 0) is 9.59 Å². The van der Waals surface area contributed by atoms with Crippen LogP contribution < -0.4 is 15.4 Å². The predicted octanol–water partition coefficient (Wildman–Crippen LogP) is 2.81. The first-order valence-electron chi connectivity index (χ1n) is 8.92. The van der Waals surface area contributed by atoms with Gasteiger partial charge in [-0.25, -0.2) is 0 Å². The summed E-state index contributed by atoms with van der Waals surface area (Å²) < 4.78 is 5.35. The molecular weight excluding hydrogens is 358 g/mol. The number of Topliss-reactive ketones (excluding diaryl/α,β-unsaturated/α-hetero) is 1. The topological polar surface area (TPSA) is 100 Å². The molecule has 0 saturated carbocycles. The van der Waals surface area contributed by atoms with Gasteiger partial charge in [-0.2, -0.15) is 0 Å². The van der Waals surface area contributed by atoms with Crippen LogP contribution in [0.15, 0.2) is 48.5 Å². The first-order valence-corrected chi connectivity index (χ1v) is 8.92. The van der Waals surface area contributed by atoms with Crippen LogP contribution in [0.2, 0.25) is 0 Å². The number of hydrogen-bond donors (Lipinski definition) is 3. The van der Waals surface area contributed by atoms with Crippen molar-refractivity contribution in [2.75, 3.05) is 18.5 Å². The number of nitrogens with one attached hydrogen (secondary N) is 3. The lowest BCUT2D eigenvalue weighted by atomic mass is 10.1. The van der Waals surface area contributed by atoms with Crippen LogP contribution in [0, 0.1) is 6.92 Å². The number of amides is 2. The molecule has 0 unspecified atom stereocenters. The fourth-order valence-electron chi connectivity index (χ4n) is 2.90. The molecule has 0 fully saturated rings. The summed E-state index contributed by atoms with van der Waals surface area (Å²) in [6, 6.07) is 13.8. The van der Waals surface area contributed by atoms with Gasteiger partial charge in [-0.1, -0.05) is 18.2 Å². The molecule has 144 valence electrons.